The van der Waals surface area contributed by atoms with E-state index in [0.29, 0.717) is 18.1 Å². The first-order chi connectivity index (χ1) is 12.1. The molecule has 0 aliphatic carbocycles. The molecule has 0 saturated carbocycles. The number of rotatable bonds is 4. The van der Waals surface area contributed by atoms with Crippen LogP contribution < -0.4 is 0 Å². The molecule has 4 rings (SSSR count). The number of aryl methyl sites for hydroxylation is 2. The van der Waals surface area contributed by atoms with Gasteiger partial charge in [-0.05, 0) is 37.4 Å². The van der Waals surface area contributed by atoms with Gasteiger partial charge in [0.05, 0.1) is 28.7 Å². The van der Waals surface area contributed by atoms with Crippen LogP contribution in [-0.4, -0.2) is 22.6 Å². The Kier molecular flexibility index (Phi) is 3.97. The molecule has 0 aliphatic heterocycles. The van der Waals surface area contributed by atoms with Crippen LogP contribution in [0.3, 0.4) is 0 Å². The lowest BCUT2D eigenvalue weighted by Gasteiger charge is -2.07. The fourth-order valence-electron chi connectivity index (χ4n) is 2.84. The summed E-state index contributed by atoms with van der Waals surface area (Å²) in [6, 6.07) is 7.92. The Morgan fingerprint density at radius 3 is 2.92 bits per heavy atom. The zero-order chi connectivity index (χ0) is 17.6. The number of aromatic nitrogens is 2. The monoisotopic (exact) mass is 372 g/mol. The third-order valence-electron chi connectivity index (χ3n) is 4.04. The van der Waals surface area contributed by atoms with Gasteiger partial charge in [0.1, 0.15) is 17.1 Å². The van der Waals surface area contributed by atoms with Crippen molar-refractivity contribution in [2.45, 2.75) is 20.4 Å². The quantitative estimate of drug-likeness (QED) is 0.480. The largest absolute Gasteiger partial charge is 0.464 e. The summed E-state index contributed by atoms with van der Waals surface area (Å²) >= 11 is 3.25. The van der Waals surface area contributed by atoms with Crippen LogP contribution in [0.15, 0.2) is 34.1 Å². The van der Waals surface area contributed by atoms with Crippen molar-refractivity contribution in [2.24, 2.45) is 0 Å². The van der Waals surface area contributed by atoms with Gasteiger partial charge in [-0.3, -0.25) is 0 Å². The van der Waals surface area contributed by atoms with Crippen LogP contribution in [0.2, 0.25) is 0 Å². The normalized spacial score (nSPS) is 11.3. The van der Waals surface area contributed by atoms with Gasteiger partial charge in [-0.1, -0.05) is 6.07 Å². The number of thiophene rings is 2. The van der Waals surface area contributed by atoms with Crippen LogP contribution in [0.5, 0.6) is 0 Å². The lowest BCUT2D eigenvalue weighted by atomic mass is 10.3. The molecule has 0 N–H and O–H groups in total. The smallest absolute Gasteiger partial charge is 0.354 e. The average Bonchev–Trinajstić information content (AvgIpc) is 3.33. The van der Waals surface area contributed by atoms with Crippen LogP contribution in [0, 0.1) is 13.8 Å². The molecule has 7 heteroatoms. The van der Waals surface area contributed by atoms with E-state index in [1.165, 1.54) is 12.0 Å². The maximum absolute atomic E-state index is 12.2. The number of hydrogen-bond donors (Lipinski definition) is 0. The first-order valence-electron chi connectivity index (χ1n) is 7.75. The Bertz CT molecular complexity index is 1050. The number of fused-ring (bicyclic) bond motifs is 1. The summed E-state index contributed by atoms with van der Waals surface area (Å²) in [5.74, 6) is 1.03. The predicted molar refractivity (Wildman–Crippen MR) is 99.5 cm³/mol. The molecule has 0 amide bonds. The molecule has 0 spiro atoms. The predicted octanol–water partition coefficient (Wildman–Crippen LogP) is 4.87. The van der Waals surface area contributed by atoms with Crippen molar-refractivity contribution in [1.82, 2.24) is 9.55 Å². The van der Waals surface area contributed by atoms with Gasteiger partial charge in [-0.2, -0.15) is 0 Å². The van der Waals surface area contributed by atoms with Crippen molar-refractivity contribution >= 4 is 38.9 Å². The Balaban J connectivity index is 1.79. The summed E-state index contributed by atoms with van der Waals surface area (Å²) in [4.78, 5) is 19.0. The molecule has 0 aromatic carbocycles. The van der Waals surface area contributed by atoms with E-state index in [2.05, 4.69) is 18.0 Å². The highest BCUT2D eigenvalue weighted by Crippen LogP contribution is 2.31. The summed E-state index contributed by atoms with van der Waals surface area (Å²) in [5, 5.41) is 1.99. The van der Waals surface area contributed by atoms with Crippen LogP contribution in [-0.2, 0) is 11.3 Å². The molecule has 128 valence electrons. The number of ether oxygens (including phenoxy) is 1. The number of methoxy groups -OCH3 is 1. The van der Waals surface area contributed by atoms with Crippen LogP contribution in [0.4, 0.5) is 0 Å². The van der Waals surface area contributed by atoms with Gasteiger partial charge in [-0.25, -0.2) is 9.78 Å². The van der Waals surface area contributed by atoms with Crippen molar-refractivity contribution in [3.63, 3.8) is 0 Å². The lowest BCUT2D eigenvalue weighted by molar-refractivity contribution is 0.0589. The van der Waals surface area contributed by atoms with E-state index in [1.807, 2.05) is 35.1 Å². The van der Waals surface area contributed by atoms with Crippen molar-refractivity contribution in [1.29, 1.82) is 0 Å². The first kappa shape index (κ1) is 16.1. The highest BCUT2D eigenvalue weighted by molar-refractivity contribution is 7.19. The van der Waals surface area contributed by atoms with E-state index in [9.17, 15) is 4.79 Å². The van der Waals surface area contributed by atoms with Crippen molar-refractivity contribution < 1.29 is 13.9 Å². The molecule has 4 heterocycles. The van der Waals surface area contributed by atoms with Gasteiger partial charge >= 0.3 is 5.97 Å². The minimum Gasteiger partial charge on any atom is -0.464 e. The van der Waals surface area contributed by atoms with Crippen molar-refractivity contribution in [2.75, 3.05) is 7.11 Å². The Hall–Kier alpha value is -2.38. The van der Waals surface area contributed by atoms with Gasteiger partial charge in [-0.15, -0.1) is 22.7 Å². The minimum absolute atomic E-state index is 0.347. The first-order valence-corrected chi connectivity index (χ1v) is 9.44. The fraction of sp³-hybridized carbons (Fsp3) is 0.222. The topological polar surface area (TPSA) is 57.3 Å². The molecule has 0 atom stereocenters. The van der Waals surface area contributed by atoms with E-state index >= 15 is 0 Å². The van der Waals surface area contributed by atoms with Crippen LogP contribution in [0.25, 0.3) is 21.0 Å². The zero-order valence-electron chi connectivity index (χ0n) is 14.0. The zero-order valence-corrected chi connectivity index (χ0v) is 15.7. The van der Waals surface area contributed by atoms with Gasteiger partial charge in [0, 0.05) is 4.88 Å². The molecule has 0 bridgehead atoms. The molecular weight excluding hydrogens is 356 g/mol. The molecule has 4 aromatic rings. The highest BCUT2D eigenvalue weighted by Gasteiger charge is 2.20. The second kappa shape index (κ2) is 6.16. The summed E-state index contributed by atoms with van der Waals surface area (Å²) in [6.45, 7) is 4.42. The number of hydrogen-bond acceptors (Lipinski definition) is 6. The Morgan fingerprint density at radius 1 is 1.36 bits per heavy atom. The average molecular weight is 372 g/mol. The molecule has 0 fully saturated rings. The third kappa shape index (κ3) is 2.79. The number of carbonyl (C=O) groups is 1. The van der Waals surface area contributed by atoms with Gasteiger partial charge < -0.3 is 13.7 Å². The maximum Gasteiger partial charge on any atom is 0.354 e. The molecule has 0 radical (unpaired) electrons. The number of nitrogens with zero attached hydrogens (tertiary/aromatic N) is 2. The third-order valence-corrected chi connectivity index (χ3v) is 5.88. The molecule has 25 heavy (non-hydrogen) atoms. The van der Waals surface area contributed by atoms with Gasteiger partial charge in [0.25, 0.3) is 0 Å². The van der Waals surface area contributed by atoms with Crippen molar-refractivity contribution in [3.05, 3.63) is 51.7 Å². The standard InChI is InChI=1S/C18H16N2O3S2/c1-10-7-13-16(25-10)8-14(18(21)22-3)20(13)9-12-11(2)23-17(19-12)15-5-4-6-24-15/h4-8H,9H2,1-3H3. The van der Waals surface area contributed by atoms with E-state index < -0.39 is 0 Å². The minimum atomic E-state index is -0.347. The fourth-order valence-corrected chi connectivity index (χ4v) is 4.45. The maximum atomic E-state index is 12.2. The molecule has 0 saturated heterocycles. The summed E-state index contributed by atoms with van der Waals surface area (Å²) < 4.78 is 13.8. The number of esters is 1. The summed E-state index contributed by atoms with van der Waals surface area (Å²) in [7, 11) is 1.40. The summed E-state index contributed by atoms with van der Waals surface area (Å²) in [5.41, 5.74) is 2.36. The number of oxazole rings is 1. The summed E-state index contributed by atoms with van der Waals surface area (Å²) in [6.07, 6.45) is 0. The van der Waals surface area contributed by atoms with Gasteiger partial charge in [0.15, 0.2) is 0 Å². The Morgan fingerprint density at radius 2 is 2.20 bits per heavy atom. The second-order valence-electron chi connectivity index (χ2n) is 5.71. The number of carbonyl (C=O) groups excluding carboxylic acids is 1. The van der Waals surface area contributed by atoms with Crippen LogP contribution >= 0.6 is 22.7 Å². The molecule has 0 aliphatic rings. The second-order valence-corrected chi connectivity index (χ2v) is 7.95. The molecular formula is C18H16N2O3S2. The highest BCUT2D eigenvalue weighted by atomic mass is 32.1. The van der Waals surface area contributed by atoms with Gasteiger partial charge in [0.2, 0.25) is 5.89 Å². The van der Waals surface area contributed by atoms with Crippen molar-refractivity contribution in [3.8, 4) is 10.8 Å². The van der Waals surface area contributed by atoms with E-state index in [4.69, 9.17) is 9.15 Å². The van der Waals surface area contributed by atoms with E-state index in [-0.39, 0.29) is 5.97 Å². The lowest BCUT2D eigenvalue weighted by Crippen LogP contribution is -2.12. The molecule has 4 aromatic heterocycles. The van der Waals surface area contributed by atoms with E-state index in [1.54, 1.807) is 22.7 Å². The molecule has 0 unspecified atom stereocenters. The van der Waals surface area contributed by atoms with E-state index in [0.717, 1.165) is 26.5 Å². The Labute approximate surface area is 152 Å². The molecule has 5 nitrogen and oxygen atoms in total. The SMILES string of the molecule is COC(=O)c1cc2sc(C)cc2n1Cc1nc(-c2cccs2)oc1C. The van der Waals surface area contributed by atoms with Crippen LogP contribution in [0.1, 0.15) is 26.8 Å².